The van der Waals surface area contributed by atoms with E-state index in [1.54, 1.807) is 0 Å². The summed E-state index contributed by atoms with van der Waals surface area (Å²) < 4.78 is 16.4. The Morgan fingerprint density at radius 1 is 1.31 bits per heavy atom. The van der Waals surface area contributed by atoms with E-state index < -0.39 is 6.17 Å². The van der Waals surface area contributed by atoms with Crippen LogP contribution in [0.25, 0.3) is 0 Å². The van der Waals surface area contributed by atoms with Gasteiger partial charge in [-0.15, -0.1) is 0 Å². The molecule has 3 aliphatic rings. The molecule has 1 saturated heterocycles. The molecule has 0 aromatic rings. The summed E-state index contributed by atoms with van der Waals surface area (Å²) in [6.07, 6.45) is 7.91. The maximum atomic E-state index is 13.9. The lowest BCUT2D eigenvalue weighted by Gasteiger charge is -2.35. The van der Waals surface area contributed by atoms with Crippen molar-refractivity contribution in [3.05, 3.63) is 0 Å². The quantitative estimate of drug-likeness (QED) is 0.499. The van der Waals surface area contributed by atoms with Gasteiger partial charge in [-0.1, -0.05) is 13.8 Å². The Kier molecular flexibility index (Phi) is 6.50. The van der Waals surface area contributed by atoms with E-state index in [1.165, 1.54) is 18.3 Å². The predicted molar refractivity (Wildman–Crippen MR) is 106 cm³/mol. The van der Waals surface area contributed by atoms with E-state index in [0.29, 0.717) is 23.9 Å². The summed E-state index contributed by atoms with van der Waals surface area (Å²) in [5.41, 5.74) is 8.15. The maximum absolute atomic E-state index is 13.9. The van der Waals surface area contributed by atoms with E-state index in [2.05, 4.69) is 30.7 Å². The first-order valence-electron chi connectivity index (χ1n) is 10.8. The van der Waals surface area contributed by atoms with Gasteiger partial charge in [-0.25, -0.2) is 8.97 Å². The van der Waals surface area contributed by atoms with Crippen LogP contribution in [0.5, 0.6) is 0 Å². The highest BCUT2D eigenvalue weighted by Gasteiger charge is 2.46. The third-order valence-corrected chi connectivity index (χ3v) is 7.38. The molecule has 0 aromatic carbocycles. The molecule has 0 spiro atoms. The molecule has 2 aliphatic heterocycles. The molecule has 2 heterocycles. The minimum absolute atomic E-state index is 0.0910. The van der Waals surface area contributed by atoms with Crippen LogP contribution in [0.15, 0.2) is 0 Å². The van der Waals surface area contributed by atoms with Crippen LogP contribution in [0.3, 0.4) is 0 Å². The molecule has 3 rings (SSSR count). The van der Waals surface area contributed by atoms with Crippen molar-refractivity contribution in [2.45, 2.75) is 90.1 Å². The van der Waals surface area contributed by atoms with Crippen LogP contribution < -0.4 is 11.1 Å². The molecular weight excluding hydrogens is 327 g/mol. The van der Waals surface area contributed by atoms with Gasteiger partial charge in [-0.3, -0.25) is 5.73 Å². The normalized spacial score (nSPS) is 40.7. The van der Waals surface area contributed by atoms with E-state index >= 15 is 0 Å². The van der Waals surface area contributed by atoms with E-state index in [9.17, 15) is 4.39 Å². The van der Waals surface area contributed by atoms with Crippen LogP contribution in [0.1, 0.15) is 65.7 Å². The van der Waals surface area contributed by atoms with Crippen molar-refractivity contribution < 1.29 is 8.97 Å². The van der Waals surface area contributed by atoms with Crippen molar-refractivity contribution in [1.82, 2.24) is 5.32 Å². The Hall–Kier alpha value is -0.810. The number of rotatable bonds is 6. The SMILES string of the molecule is CCC(C=N)C(N)[N+]1=C(C2CCNC2C2CCC(F)C(C)C2)CCC1C. The van der Waals surface area contributed by atoms with Gasteiger partial charge >= 0.3 is 0 Å². The first-order chi connectivity index (χ1) is 12.5. The Morgan fingerprint density at radius 3 is 2.73 bits per heavy atom. The average molecular weight is 366 g/mol. The van der Waals surface area contributed by atoms with Gasteiger partial charge in [0.2, 0.25) is 6.17 Å². The zero-order chi connectivity index (χ0) is 18.8. The van der Waals surface area contributed by atoms with Crippen molar-refractivity contribution >= 4 is 11.9 Å². The van der Waals surface area contributed by atoms with Crippen molar-refractivity contribution in [2.75, 3.05) is 6.54 Å². The van der Waals surface area contributed by atoms with E-state index in [4.69, 9.17) is 11.1 Å². The monoisotopic (exact) mass is 365 g/mol. The standard InChI is InChI=1S/C21H38FN4/c1-4-15(12-23)21(24)26-14(3)5-8-19(26)17-9-10-25-20(17)16-6-7-18(22)13(2)11-16/h12-18,20-21,23,25H,4-11,24H2,1-3H3/q+1. The molecule has 0 amide bonds. The van der Waals surface area contributed by atoms with Gasteiger partial charge in [-0.05, 0) is 57.4 Å². The Balaban J connectivity index is 1.83. The van der Waals surface area contributed by atoms with Crippen molar-refractivity contribution in [2.24, 2.45) is 29.4 Å². The molecule has 5 heteroatoms. The first-order valence-corrected chi connectivity index (χ1v) is 10.8. The smallest absolute Gasteiger partial charge is 0.212 e. The molecule has 1 saturated carbocycles. The number of hydrogen-bond acceptors (Lipinski definition) is 3. The Bertz CT molecular complexity index is 534. The molecule has 4 nitrogen and oxygen atoms in total. The van der Waals surface area contributed by atoms with E-state index in [-0.39, 0.29) is 18.0 Å². The van der Waals surface area contributed by atoms with Crippen LogP contribution >= 0.6 is 0 Å². The van der Waals surface area contributed by atoms with Gasteiger partial charge in [-0.2, -0.15) is 0 Å². The van der Waals surface area contributed by atoms with E-state index in [1.807, 2.05) is 0 Å². The number of nitrogens with two attached hydrogens (primary N) is 1. The minimum atomic E-state index is -0.618. The summed E-state index contributed by atoms with van der Waals surface area (Å²) in [5, 5.41) is 11.5. The largest absolute Gasteiger partial charge is 0.313 e. The number of halogens is 1. The van der Waals surface area contributed by atoms with Crippen LogP contribution in [0.4, 0.5) is 4.39 Å². The number of nitrogens with one attached hydrogen (secondary N) is 2. The first kappa shape index (κ1) is 19.9. The van der Waals surface area contributed by atoms with Crippen molar-refractivity contribution in [1.29, 1.82) is 5.41 Å². The second-order valence-electron chi connectivity index (χ2n) is 8.96. The van der Waals surface area contributed by atoms with Crippen molar-refractivity contribution in [3.63, 3.8) is 0 Å². The fourth-order valence-corrected chi connectivity index (χ4v) is 5.76. The lowest BCUT2D eigenvalue weighted by atomic mass is 9.73. The fourth-order valence-electron chi connectivity index (χ4n) is 5.76. The molecular formula is C21H38FN4+. The summed E-state index contributed by atoms with van der Waals surface area (Å²) in [5.74, 6) is 1.41. The average Bonchev–Trinajstić information content (AvgIpc) is 3.24. The molecule has 8 atom stereocenters. The predicted octanol–water partition coefficient (Wildman–Crippen LogP) is 3.34. The number of nitrogens with zero attached hydrogens (tertiary/aromatic N) is 1. The van der Waals surface area contributed by atoms with Crippen LogP contribution in [-0.4, -0.2) is 47.5 Å². The number of alkyl halides is 1. The molecule has 1 aliphatic carbocycles. The van der Waals surface area contributed by atoms with Gasteiger partial charge < -0.3 is 10.7 Å². The van der Waals surface area contributed by atoms with E-state index in [0.717, 1.165) is 45.1 Å². The molecule has 148 valence electrons. The lowest BCUT2D eigenvalue weighted by Crippen LogP contribution is -2.49. The summed E-state index contributed by atoms with van der Waals surface area (Å²) in [6, 6.07) is 0.927. The fraction of sp³-hybridized carbons (Fsp3) is 0.905. The topological polar surface area (TPSA) is 64.9 Å². The summed E-state index contributed by atoms with van der Waals surface area (Å²) in [4.78, 5) is 0. The van der Waals surface area contributed by atoms with Gasteiger partial charge in [0, 0.05) is 25.1 Å². The second kappa shape index (κ2) is 8.47. The summed E-state index contributed by atoms with van der Waals surface area (Å²) in [7, 11) is 0. The molecule has 0 aromatic heterocycles. The van der Waals surface area contributed by atoms with Gasteiger partial charge in [0.25, 0.3) is 0 Å². The highest BCUT2D eigenvalue weighted by Crippen LogP contribution is 2.39. The molecule has 8 unspecified atom stereocenters. The van der Waals surface area contributed by atoms with Gasteiger partial charge in [0.05, 0.1) is 11.8 Å². The highest BCUT2D eigenvalue weighted by atomic mass is 19.1. The Morgan fingerprint density at radius 2 is 2.08 bits per heavy atom. The van der Waals surface area contributed by atoms with Crippen LogP contribution in [0, 0.1) is 29.1 Å². The zero-order valence-electron chi connectivity index (χ0n) is 16.8. The molecule has 2 fully saturated rings. The third kappa shape index (κ3) is 3.75. The number of hydrogen-bond donors (Lipinski definition) is 3. The Labute approximate surface area is 158 Å². The minimum Gasteiger partial charge on any atom is -0.313 e. The van der Waals surface area contributed by atoms with Gasteiger partial charge in [0.1, 0.15) is 6.17 Å². The second-order valence-corrected chi connectivity index (χ2v) is 8.96. The summed E-state index contributed by atoms with van der Waals surface area (Å²) >= 11 is 0. The maximum Gasteiger partial charge on any atom is 0.212 e. The molecule has 4 N–H and O–H groups in total. The summed E-state index contributed by atoms with van der Waals surface area (Å²) in [6.45, 7) is 7.52. The molecule has 26 heavy (non-hydrogen) atoms. The van der Waals surface area contributed by atoms with Gasteiger partial charge in [0.15, 0.2) is 11.8 Å². The van der Waals surface area contributed by atoms with Crippen LogP contribution in [-0.2, 0) is 0 Å². The lowest BCUT2D eigenvalue weighted by molar-refractivity contribution is -0.596. The van der Waals surface area contributed by atoms with Crippen molar-refractivity contribution in [3.8, 4) is 0 Å². The van der Waals surface area contributed by atoms with Crippen LogP contribution in [0.2, 0.25) is 0 Å². The third-order valence-electron chi connectivity index (χ3n) is 7.38. The highest BCUT2D eigenvalue weighted by molar-refractivity contribution is 5.84. The zero-order valence-corrected chi connectivity index (χ0v) is 16.8. The molecule has 0 radical (unpaired) electrons. The molecule has 0 bridgehead atoms.